The van der Waals surface area contributed by atoms with E-state index in [1.165, 1.54) is 18.7 Å². The van der Waals surface area contributed by atoms with E-state index in [0.717, 1.165) is 11.1 Å². The van der Waals surface area contributed by atoms with Gasteiger partial charge < -0.3 is 15.1 Å². The van der Waals surface area contributed by atoms with Gasteiger partial charge in [0.15, 0.2) is 0 Å². The molecule has 130 valence electrons. The Bertz CT molecular complexity index is 653. The summed E-state index contributed by atoms with van der Waals surface area (Å²) in [6.07, 6.45) is 2.17. The monoisotopic (exact) mass is 333 g/mol. The number of allylic oxidation sites excluding steroid dienone is 1. The molecule has 6 heteroatoms. The van der Waals surface area contributed by atoms with Gasteiger partial charge in [-0.2, -0.15) is 0 Å². The van der Waals surface area contributed by atoms with E-state index in [1.54, 1.807) is 19.1 Å². The highest BCUT2D eigenvalue weighted by Crippen LogP contribution is 2.28. The van der Waals surface area contributed by atoms with Gasteiger partial charge in [0.1, 0.15) is 5.92 Å². The number of carbonyl (C=O) groups excluding carboxylic acids is 1. The second kappa shape index (κ2) is 8.29. The molecule has 1 rings (SSSR count). The van der Waals surface area contributed by atoms with Crippen LogP contribution < -0.4 is 4.90 Å². The molecule has 0 fully saturated rings. The molecule has 0 saturated carbocycles. The van der Waals surface area contributed by atoms with Gasteiger partial charge in [-0.25, -0.2) is 0 Å². The highest BCUT2D eigenvalue weighted by Gasteiger charge is 2.31. The fourth-order valence-electron chi connectivity index (χ4n) is 2.41. The topological polar surface area (TPSA) is 94.9 Å². The van der Waals surface area contributed by atoms with Gasteiger partial charge in [0.05, 0.1) is 11.6 Å². The minimum Gasteiger partial charge on any atom is -0.481 e. The van der Waals surface area contributed by atoms with Crippen molar-refractivity contribution in [3.05, 3.63) is 42.0 Å². The van der Waals surface area contributed by atoms with Crippen LogP contribution in [0.5, 0.6) is 0 Å². The van der Waals surface area contributed by atoms with E-state index in [2.05, 4.69) is 6.58 Å². The Labute approximate surface area is 141 Å². The molecule has 1 aromatic rings. The molecule has 1 aromatic carbocycles. The lowest BCUT2D eigenvalue weighted by molar-refractivity contribution is -0.145. The lowest BCUT2D eigenvalue weighted by Crippen LogP contribution is -2.43. The lowest BCUT2D eigenvalue weighted by Gasteiger charge is -2.29. The molecule has 24 heavy (non-hydrogen) atoms. The number of benzene rings is 1. The van der Waals surface area contributed by atoms with Crippen molar-refractivity contribution < 1.29 is 24.6 Å². The average molecular weight is 333 g/mol. The van der Waals surface area contributed by atoms with Gasteiger partial charge >= 0.3 is 11.9 Å². The van der Waals surface area contributed by atoms with Gasteiger partial charge in [0, 0.05) is 6.54 Å². The summed E-state index contributed by atoms with van der Waals surface area (Å²) in [4.78, 5) is 36.4. The summed E-state index contributed by atoms with van der Waals surface area (Å²) >= 11 is 0. The molecule has 0 heterocycles. The molecule has 0 aliphatic heterocycles. The van der Waals surface area contributed by atoms with Crippen LogP contribution in [0.3, 0.4) is 0 Å². The molecule has 2 unspecified atom stereocenters. The lowest BCUT2D eigenvalue weighted by atomic mass is 10.0. The van der Waals surface area contributed by atoms with Crippen LogP contribution in [0.2, 0.25) is 0 Å². The van der Waals surface area contributed by atoms with Crippen LogP contribution in [-0.4, -0.2) is 34.6 Å². The number of anilines is 1. The van der Waals surface area contributed by atoms with Crippen LogP contribution in [0.4, 0.5) is 5.69 Å². The van der Waals surface area contributed by atoms with Gasteiger partial charge in [-0.05, 0) is 31.4 Å². The van der Waals surface area contributed by atoms with E-state index in [-0.39, 0.29) is 6.54 Å². The standard InChI is InChI=1S/C18H23NO5/c1-5-7-14-9-6-8-11(2)15(14)19(10-12(3)17(21)22)16(20)13(4)18(23)24/h5-6,8-9,12-13H,1,7,10H2,2-4H3,(H,21,22)(H,23,24). The maximum atomic E-state index is 12.7. The van der Waals surface area contributed by atoms with E-state index in [4.69, 9.17) is 5.11 Å². The molecule has 6 nitrogen and oxygen atoms in total. The zero-order valence-corrected chi connectivity index (χ0v) is 14.2. The fourth-order valence-corrected chi connectivity index (χ4v) is 2.41. The predicted molar refractivity (Wildman–Crippen MR) is 91.0 cm³/mol. The van der Waals surface area contributed by atoms with Crippen LogP contribution in [0.25, 0.3) is 0 Å². The third-order valence-corrected chi connectivity index (χ3v) is 3.84. The molecule has 2 N–H and O–H groups in total. The normalized spacial score (nSPS) is 13.0. The van der Waals surface area contributed by atoms with Crippen LogP contribution in [0, 0.1) is 18.8 Å². The first-order valence-corrected chi connectivity index (χ1v) is 7.67. The third kappa shape index (κ3) is 4.44. The SMILES string of the molecule is C=CCc1cccc(C)c1N(CC(C)C(=O)O)C(=O)C(C)C(=O)O. The minimum absolute atomic E-state index is 0.0964. The second-order valence-electron chi connectivity index (χ2n) is 5.82. The Hall–Kier alpha value is -2.63. The van der Waals surface area contributed by atoms with E-state index >= 15 is 0 Å². The molecular weight excluding hydrogens is 310 g/mol. The fraction of sp³-hybridized carbons (Fsp3) is 0.389. The zero-order chi connectivity index (χ0) is 18.4. The van der Waals surface area contributed by atoms with Crippen LogP contribution >= 0.6 is 0 Å². The number of carboxylic acids is 2. The minimum atomic E-state index is -1.26. The Morgan fingerprint density at radius 1 is 1.21 bits per heavy atom. The summed E-state index contributed by atoms with van der Waals surface area (Å²) in [5.74, 6) is -5.01. The first-order valence-electron chi connectivity index (χ1n) is 7.67. The number of carbonyl (C=O) groups is 3. The molecule has 0 spiro atoms. The van der Waals surface area contributed by atoms with Gasteiger partial charge in [-0.15, -0.1) is 6.58 Å². The van der Waals surface area contributed by atoms with Gasteiger partial charge in [-0.3, -0.25) is 14.4 Å². The first kappa shape index (κ1) is 19.4. The number of aliphatic carboxylic acids is 2. The Kier molecular flexibility index (Phi) is 6.70. The summed E-state index contributed by atoms with van der Waals surface area (Å²) in [6.45, 7) is 8.19. The number of amides is 1. The van der Waals surface area contributed by atoms with Crippen molar-refractivity contribution in [1.82, 2.24) is 0 Å². The van der Waals surface area contributed by atoms with Crippen molar-refractivity contribution in [2.75, 3.05) is 11.4 Å². The van der Waals surface area contributed by atoms with Crippen molar-refractivity contribution in [3.63, 3.8) is 0 Å². The smallest absolute Gasteiger partial charge is 0.315 e. The van der Waals surface area contributed by atoms with Gasteiger partial charge in [-0.1, -0.05) is 31.2 Å². The van der Waals surface area contributed by atoms with Gasteiger partial charge in [0.25, 0.3) is 0 Å². The predicted octanol–water partition coefficient (Wildman–Crippen LogP) is 2.50. The number of rotatable bonds is 8. The van der Waals surface area contributed by atoms with Crippen LogP contribution in [-0.2, 0) is 20.8 Å². The summed E-state index contributed by atoms with van der Waals surface area (Å²) in [7, 11) is 0. The maximum absolute atomic E-state index is 12.7. The van der Waals surface area contributed by atoms with E-state index in [0.29, 0.717) is 12.1 Å². The van der Waals surface area contributed by atoms with Crippen molar-refractivity contribution in [2.45, 2.75) is 27.2 Å². The Morgan fingerprint density at radius 2 is 1.83 bits per heavy atom. The van der Waals surface area contributed by atoms with Crippen molar-refractivity contribution in [3.8, 4) is 0 Å². The molecule has 0 aliphatic rings. The van der Waals surface area contributed by atoms with E-state index < -0.39 is 29.7 Å². The molecular formula is C18H23NO5. The summed E-state index contributed by atoms with van der Waals surface area (Å²) in [5, 5.41) is 18.3. The summed E-state index contributed by atoms with van der Waals surface area (Å²) < 4.78 is 0. The third-order valence-electron chi connectivity index (χ3n) is 3.84. The molecule has 2 atom stereocenters. The number of hydrogen-bond donors (Lipinski definition) is 2. The van der Waals surface area contributed by atoms with E-state index in [1.807, 2.05) is 12.1 Å². The molecule has 0 aliphatic carbocycles. The number of aryl methyl sites for hydroxylation is 1. The second-order valence-corrected chi connectivity index (χ2v) is 5.82. The van der Waals surface area contributed by atoms with Crippen molar-refractivity contribution >= 4 is 23.5 Å². The zero-order valence-electron chi connectivity index (χ0n) is 14.2. The average Bonchev–Trinajstić information content (AvgIpc) is 2.52. The molecule has 0 aromatic heterocycles. The molecule has 0 saturated heterocycles. The Balaban J connectivity index is 3.42. The highest BCUT2D eigenvalue weighted by atomic mass is 16.4. The number of nitrogens with zero attached hydrogens (tertiary/aromatic N) is 1. The van der Waals surface area contributed by atoms with Gasteiger partial charge in [0.2, 0.25) is 5.91 Å². The maximum Gasteiger partial charge on any atom is 0.315 e. The van der Waals surface area contributed by atoms with Crippen LogP contribution in [0.1, 0.15) is 25.0 Å². The quantitative estimate of drug-likeness (QED) is 0.563. The first-order chi connectivity index (χ1) is 11.2. The highest BCUT2D eigenvalue weighted by molar-refractivity contribution is 6.06. The Morgan fingerprint density at radius 3 is 2.33 bits per heavy atom. The van der Waals surface area contributed by atoms with Crippen molar-refractivity contribution in [2.24, 2.45) is 11.8 Å². The molecule has 0 bridgehead atoms. The number of para-hydroxylation sites is 1. The molecule has 1 amide bonds. The van der Waals surface area contributed by atoms with Crippen LogP contribution in [0.15, 0.2) is 30.9 Å². The summed E-state index contributed by atoms with van der Waals surface area (Å²) in [6, 6.07) is 5.46. The molecule has 0 radical (unpaired) electrons. The van der Waals surface area contributed by atoms with E-state index in [9.17, 15) is 19.5 Å². The van der Waals surface area contributed by atoms with Crippen molar-refractivity contribution in [1.29, 1.82) is 0 Å². The number of hydrogen-bond acceptors (Lipinski definition) is 3. The summed E-state index contributed by atoms with van der Waals surface area (Å²) in [5.41, 5.74) is 2.13. The largest absolute Gasteiger partial charge is 0.481 e. The number of carboxylic acid groups (broad SMARTS) is 2.